The number of aromatic hydroxyl groups is 1. The summed E-state index contributed by atoms with van der Waals surface area (Å²) in [5, 5.41) is 12.9. The first-order valence-electron chi connectivity index (χ1n) is 6.32. The zero-order valence-electron chi connectivity index (χ0n) is 11.1. The second-order valence-electron chi connectivity index (χ2n) is 5.43. The molecule has 0 aliphatic rings. The van der Waals surface area contributed by atoms with Gasteiger partial charge >= 0.3 is 0 Å². The van der Waals surface area contributed by atoms with Gasteiger partial charge in [-0.15, -0.1) is 0 Å². The molecular formula is C13H21N3OSi. The molecule has 18 heavy (non-hydrogen) atoms. The number of unbranched alkanes of at least 4 members (excludes halogenated alkanes) is 1. The molecule has 0 bridgehead atoms. The van der Waals surface area contributed by atoms with Crippen LogP contribution in [-0.4, -0.2) is 19.3 Å². The van der Waals surface area contributed by atoms with Crippen LogP contribution in [0.3, 0.4) is 0 Å². The summed E-state index contributed by atoms with van der Waals surface area (Å²) in [6.45, 7) is 4.53. The monoisotopic (exact) mass is 263 g/mol. The lowest BCUT2D eigenvalue weighted by Crippen LogP contribution is -2.29. The van der Waals surface area contributed by atoms with E-state index < -0.39 is 8.07 Å². The molecule has 0 heterocycles. The van der Waals surface area contributed by atoms with Crippen LogP contribution in [0.5, 0.6) is 5.75 Å². The average molecular weight is 263 g/mol. The van der Waals surface area contributed by atoms with E-state index in [2.05, 4.69) is 23.1 Å². The Morgan fingerprint density at radius 1 is 1.22 bits per heavy atom. The number of phenolic OH excluding ortho intramolecular Hbond substituents is 1. The van der Waals surface area contributed by atoms with Crippen molar-refractivity contribution in [1.82, 2.24) is 0 Å². The summed E-state index contributed by atoms with van der Waals surface area (Å²) >= 11 is 0. The van der Waals surface area contributed by atoms with Gasteiger partial charge in [-0.05, 0) is 36.1 Å². The predicted octanol–water partition coefficient (Wildman–Crippen LogP) is 4.27. The minimum absolute atomic E-state index is 0.321. The molecule has 1 rings (SSSR count). The first-order valence-corrected chi connectivity index (χ1v) is 9.74. The molecule has 0 amide bonds. The van der Waals surface area contributed by atoms with E-state index in [0.29, 0.717) is 11.9 Å². The van der Waals surface area contributed by atoms with Gasteiger partial charge in [0.2, 0.25) is 0 Å². The molecule has 0 unspecified atom stereocenters. The number of benzene rings is 1. The van der Waals surface area contributed by atoms with Crippen molar-refractivity contribution in [2.45, 2.75) is 38.4 Å². The molecule has 98 valence electrons. The van der Waals surface area contributed by atoms with Crippen molar-refractivity contribution in [3.05, 3.63) is 40.3 Å². The van der Waals surface area contributed by atoms with Crippen molar-refractivity contribution in [3.8, 4) is 5.75 Å². The lowest BCUT2D eigenvalue weighted by atomic mass is 10.1. The molecule has 1 aromatic carbocycles. The highest BCUT2D eigenvalue weighted by molar-refractivity contribution is 6.77. The topological polar surface area (TPSA) is 69.0 Å². The van der Waals surface area contributed by atoms with Crippen molar-refractivity contribution >= 4 is 8.07 Å². The molecule has 0 atom stereocenters. The number of nitrogens with zero attached hydrogens (tertiary/aromatic N) is 3. The summed E-state index contributed by atoms with van der Waals surface area (Å²) in [5.74, 6) is 0.321. The molecule has 0 fully saturated rings. The zero-order valence-corrected chi connectivity index (χ0v) is 12.1. The number of hydrogen-bond donors (Lipinski definition) is 1. The number of phenols is 1. The van der Waals surface area contributed by atoms with Gasteiger partial charge in [-0.2, -0.15) is 0 Å². The molecule has 4 nitrogen and oxygen atoms in total. The molecular weight excluding hydrogens is 242 g/mol. The second-order valence-corrected chi connectivity index (χ2v) is 10.6. The minimum Gasteiger partial charge on any atom is -0.508 e. The number of azide groups is 1. The van der Waals surface area contributed by atoms with E-state index in [1.807, 2.05) is 12.1 Å². The van der Waals surface area contributed by atoms with Gasteiger partial charge in [0.1, 0.15) is 5.75 Å². The van der Waals surface area contributed by atoms with Crippen LogP contribution < -0.4 is 0 Å². The Labute approximate surface area is 109 Å². The molecule has 1 aromatic rings. The third kappa shape index (κ3) is 5.75. The van der Waals surface area contributed by atoms with Crippen molar-refractivity contribution in [2.75, 3.05) is 6.17 Å². The summed E-state index contributed by atoms with van der Waals surface area (Å²) in [4.78, 5) is 2.84. The molecule has 0 spiro atoms. The molecule has 0 aliphatic carbocycles. The van der Waals surface area contributed by atoms with Crippen LogP contribution in [0.25, 0.3) is 10.4 Å². The predicted molar refractivity (Wildman–Crippen MR) is 77.3 cm³/mol. The van der Waals surface area contributed by atoms with Crippen molar-refractivity contribution in [2.24, 2.45) is 5.11 Å². The largest absolute Gasteiger partial charge is 0.508 e. The van der Waals surface area contributed by atoms with Crippen LogP contribution >= 0.6 is 0 Å². The first-order chi connectivity index (χ1) is 8.53. The standard InChI is InChI=1S/C13H21N3OSi/c1-18(2,11-15-16-14)10-4-3-5-12-6-8-13(17)9-7-12/h6-9,17H,3-5,10-11H2,1-2H3. The lowest BCUT2D eigenvalue weighted by molar-refractivity contribution is 0.475. The van der Waals surface area contributed by atoms with Crippen LogP contribution in [0.4, 0.5) is 0 Å². The van der Waals surface area contributed by atoms with Crippen LogP contribution in [-0.2, 0) is 6.42 Å². The number of hydrogen-bond acceptors (Lipinski definition) is 2. The molecule has 0 radical (unpaired) electrons. The summed E-state index contributed by atoms with van der Waals surface area (Å²) in [6.07, 6.45) is 4.08. The van der Waals surface area contributed by atoms with E-state index >= 15 is 0 Å². The van der Waals surface area contributed by atoms with E-state index in [0.717, 1.165) is 12.8 Å². The average Bonchev–Trinajstić information content (AvgIpc) is 2.34. The van der Waals surface area contributed by atoms with Crippen molar-refractivity contribution < 1.29 is 5.11 Å². The van der Waals surface area contributed by atoms with E-state index in [-0.39, 0.29) is 0 Å². The number of aryl methyl sites for hydroxylation is 1. The van der Waals surface area contributed by atoms with Crippen molar-refractivity contribution in [1.29, 1.82) is 0 Å². The van der Waals surface area contributed by atoms with E-state index in [4.69, 9.17) is 5.53 Å². The Bertz CT molecular complexity index is 411. The Morgan fingerprint density at radius 2 is 1.89 bits per heavy atom. The maximum atomic E-state index is 9.18. The smallest absolute Gasteiger partial charge is 0.115 e. The van der Waals surface area contributed by atoms with Crippen LogP contribution in [0.15, 0.2) is 29.4 Å². The van der Waals surface area contributed by atoms with Gasteiger partial charge in [0.25, 0.3) is 0 Å². The quantitative estimate of drug-likeness (QED) is 0.258. The molecule has 0 aromatic heterocycles. The van der Waals surface area contributed by atoms with E-state index in [1.54, 1.807) is 12.1 Å². The van der Waals surface area contributed by atoms with Gasteiger partial charge in [-0.25, -0.2) is 0 Å². The third-order valence-electron chi connectivity index (χ3n) is 3.07. The molecule has 0 saturated heterocycles. The fraction of sp³-hybridized carbons (Fsp3) is 0.538. The Balaban J connectivity index is 2.26. The fourth-order valence-electron chi connectivity index (χ4n) is 1.90. The van der Waals surface area contributed by atoms with Gasteiger partial charge in [0.15, 0.2) is 0 Å². The first kappa shape index (κ1) is 14.6. The summed E-state index contributed by atoms with van der Waals surface area (Å²) < 4.78 is 0. The zero-order chi connectivity index (χ0) is 13.4. The Morgan fingerprint density at radius 3 is 2.50 bits per heavy atom. The van der Waals surface area contributed by atoms with Gasteiger partial charge in [-0.1, -0.05) is 42.8 Å². The highest BCUT2D eigenvalue weighted by Crippen LogP contribution is 2.17. The van der Waals surface area contributed by atoms with Crippen LogP contribution in [0.1, 0.15) is 18.4 Å². The Kier molecular flexibility index (Phi) is 5.75. The van der Waals surface area contributed by atoms with E-state index in [9.17, 15) is 5.11 Å². The van der Waals surface area contributed by atoms with Gasteiger partial charge in [0.05, 0.1) is 8.07 Å². The summed E-state index contributed by atoms with van der Waals surface area (Å²) in [5.41, 5.74) is 9.60. The molecule has 0 aliphatic heterocycles. The van der Waals surface area contributed by atoms with Crippen molar-refractivity contribution in [3.63, 3.8) is 0 Å². The third-order valence-corrected chi connectivity index (χ3v) is 5.77. The highest BCUT2D eigenvalue weighted by atomic mass is 28.3. The normalized spacial score (nSPS) is 11.0. The van der Waals surface area contributed by atoms with Gasteiger partial charge < -0.3 is 5.11 Å². The van der Waals surface area contributed by atoms with Gasteiger partial charge in [0, 0.05) is 11.1 Å². The maximum Gasteiger partial charge on any atom is 0.115 e. The Hall–Kier alpha value is -1.45. The maximum absolute atomic E-state index is 9.18. The number of rotatable bonds is 7. The molecule has 5 heteroatoms. The summed E-state index contributed by atoms with van der Waals surface area (Å²) in [7, 11) is -1.33. The lowest BCUT2D eigenvalue weighted by Gasteiger charge is -2.19. The van der Waals surface area contributed by atoms with Crippen LogP contribution in [0.2, 0.25) is 19.1 Å². The van der Waals surface area contributed by atoms with Gasteiger partial charge in [-0.3, -0.25) is 0 Å². The second kappa shape index (κ2) is 7.09. The highest BCUT2D eigenvalue weighted by Gasteiger charge is 2.18. The molecule has 1 N–H and O–H groups in total. The SMILES string of the molecule is C[Si](C)(CCCCc1ccc(O)cc1)CN=[N+]=[N-]. The van der Waals surface area contributed by atoms with E-state index in [1.165, 1.54) is 18.0 Å². The summed E-state index contributed by atoms with van der Waals surface area (Å²) in [6, 6.07) is 8.60. The minimum atomic E-state index is -1.33. The molecule has 0 saturated carbocycles. The fourth-order valence-corrected chi connectivity index (χ4v) is 3.71. The van der Waals surface area contributed by atoms with Crippen LogP contribution in [0, 0.1) is 0 Å².